The van der Waals surface area contributed by atoms with E-state index in [9.17, 15) is 22.4 Å². The van der Waals surface area contributed by atoms with Gasteiger partial charge in [0.05, 0.1) is 31.6 Å². The summed E-state index contributed by atoms with van der Waals surface area (Å²) >= 11 is 0. The second-order valence-corrected chi connectivity index (χ2v) is 13.1. The fourth-order valence-electron chi connectivity index (χ4n) is 5.35. The number of ether oxygens (including phenoxy) is 1. The number of fused-ring (bicyclic) bond motifs is 1. The molecule has 0 saturated carbocycles. The lowest BCUT2D eigenvalue weighted by atomic mass is 9.99. The predicted octanol–water partition coefficient (Wildman–Crippen LogP) is 5.51. The van der Waals surface area contributed by atoms with Crippen LogP contribution in [0, 0.1) is 11.6 Å². The summed E-state index contributed by atoms with van der Waals surface area (Å²) in [5.74, 6) is -2.76. The van der Waals surface area contributed by atoms with Crippen LogP contribution in [0.5, 0.6) is 5.88 Å². The number of nitrogens with zero attached hydrogens (tertiary/aromatic N) is 5. The van der Waals surface area contributed by atoms with Crippen molar-refractivity contribution in [2.24, 2.45) is 0 Å². The van der Waals surface area contributed by atoms with Gasteiger partial charge in [0.2, 0.25) is 18.2 Å². The van der Waals surface area contributed by atoms with Crippen LogP contribution < -0.4 is 19.7 Å². The van der Waals surface area contributed by atoms with Gasteiger partial charge in [-0.15, -0.1) is 0 Å². The van der Waals surface area contributed by atoms with Crippen LogP contribution in [0.25, 0.3) is 33.2 Å². The summed E-state index contributed by atoms with van der Waals surface area (Å²) in [7, 11) is -3.39. The Bertz CT molecular complexity index is 2350. The number of nitrogens with one attached hydrogen (secondary N) is 2. The molecule has 0 saturated heterocycles. The molecule has 0 bridgehead atoms. The van der Waals surface area contributed by atoms with E-state index < -0.39 is 38.5 Å². The van der Waals surface area contributed by atoms with Crippen molar-refractivity contribution < 1.29 is 31.5 Å². The summed E-state index contributed by atoms with van der Waals surface area (Å²) in [5, 5.41) is 13.7. The number of hydrogen-bond donors (Lipinski definition) is 2. The number of anilines is 2. The van der Waals surface area contributed by atoms with E-state index in [0.717, 1.165) is 33.0 Å². The van der Waals surface area contributed by atoms with Crippen molar-refractivity contribution in [2.75, 3.05) is 16.7 Å². The van der Waals surface area contributed by atoms with Crippen LogP contribution in [0.1, 0.15) is 12.5 Å². The first-order valence-corrected chi connectivity index (χ1v) is 16.8. The molecule has 0 radical (unpaired) electrons. The van der Waals surface area contributed by atoms with Crippen LogP contribution in [0.2, 0.25) is 0 Å². The molecular weight excluding hydrogens is 681 g/mol. The standard InChI is InChI=1S/C36H29F2N7O5S/c1-22(41-21-46)35(47)44-28-7-3-23(4-8-28)20-45(51(48,49)34-10-6-27(37)17-31(34)38)33-16-26(18-40-36(33)50-2)24-5-9-32-30(15-24)29(12-13-39-32)25-11-14-42-43-19-25/h3-19,21-22H,20H2,1-2H3,(H,41,46)(H,44,47)/t22-/m0/s1. The van der Waals surface area contributed by atoms with Crippen LogP contribution in [0.15, 0.2) is 109 Å². The van der Waals surface area contributed by atoms with Crippen molar-refractivity contribution in [3.05, 3.63) is 121 Å². The molecule has 2 N–H and O–H groups in total. The molecule has 0 spiro atoms. The summed E-state index contributed by atoms with van der Waals surface area (Å²) in [6, 6.07) is 18.4. The van der Waals surface area contributed by atoms with Gasteiger partial charge in [0, 0.05) is 40.7 Å². The lowest BCUT2D eigenvalue weighted by Gasteiger charge is -2.26. The lowest BCUT2D eigenvalue weighted by molar-refractivity contribution is -0.120. The molecule has 3 aromatic carbocycles. The maximum atomic E-state index is 15.1. The summed E-state index contributed by atoms with van der Waals surface area (Å²) in [6.07, 6.45) is 6.85. The molecule has 1 atom stereocenters. The van der Waals surface area contributed by atoms with Gasteiger partial charge in [-0.1, -0.05) is 18.2 Å². The molecule has 2 amide bonds. The molecule has 12 nitrogen and oxygen atoms in total. The zero-order valence-electron chi connectivity index (χ0n) is 27.1. The molecule has 0 aliphatic heterocycles. The van der Waals surface area contributed by atoms with Gasteiger partial charge in [-0.25, -0.2) is 22.2 Å². The zero-order chi connectivity index (χ0) is 36.1. The van der Waals surface area contributed by atoms with Gasteiger partial charge >= 0.3 is 0 Å². The van der Waals surface area contributed by atoms with Crippen LogP contribution in [0.3, 0.4) is 0 Å². The van der Waals surface area contributed by atoms with E-state index in [1.807, 2.05) is 30.3 Å². The molecule has 3 aromatic heterocycles. The number of rotatable bonds is 12. The minimum absolute atomic E-state index is 0.0188. The molecule has 51 heavy (non-hydrogen) atoms. The van der Waals surface area contributed by atoms with Crippen LogP contribution >= 0.6 is 0 Å². The average molecular weight is 710 g/mol. The fraction of sp³-hybridized carbons (Fsp3) is 0.111. The number of hydrogen-bond acceptors (Lipinski definition) is 9. The van der Waals surface area contributed by atoms with Crippen molar-refractivity contribution in [1.82, 2.24) is 25.5 Å². The van der Waals surface area contributed by atoms with Crippen molar-refractivity contribution >= 4 is 44.6 Å². The van der Waals surface area contributed by atoms with E-state index in [4.69, 9.17) is 4.74 Å². The smallest absolute Gasteiger partial charge is 0.267 e. The first-order chi connectivity index (χ1) is 24.6. The number of amides is 2. The fourth-order valence-corrected chi connectivity index (χ4v) is 6.84. The number of sulfonamides is 1. The van der Waals surface area contributed by atoms with Crippen LogP contribution in [0.4, 0.5) is 20.2 Å². The molecule has 0 unspecified atom stereocenters. The molecule has 6 aromatic rings. The number of halogens is 2. The molecule has 0 aliphatic rings. The third-order valence-electron chi connectivity index (χ3n) is 7.99. The monoisotopic (exact) mass is 709 g/mol. The van der Waals surface area contributed by atoms with Gasteiger partial charge in [-0.3, -0.25) is 18.9 Å². The number of benzene rings is 3. The SMILES string of the molecule is COc1ncc(-c2ccc3nccc(-c4ccnnc4)c3c2)cc1N(Cc1ccc(NC(=O)[C@H](C)NC=O)cc1)S(=O)(=O)c1ccc(F)cc1F. The van der Waals surface area contributed by atoms with E-state index in [1.54, 1.807) is 48.9 Å². The van der Waals surface area contributed by atoms with E-state index in [-0.39, 0.29) is 18.1 Å². The number of carbonyl (C=O) groups is 2. The molecule has 6 rings (SSSR count). The van der Waals surface area contributed by atoms with E-state index in [2.05, 4.69) is 30.8 Å². The van der Waals surface area contributed by atoms with Crippen molar-refractivity contribution in [3.63, 3.8) is 0 Å². The van der Waals surface area contributed by atoms with Crippen molar-refractivity contribution in [1.29, 1.82) is 0 Å². The van der Waals surface area contributed by atoms with Gasteiger partial charge in [-0.2, -0.15) is 10.2 Å². The topological polar surface area (TPSA) is 156 Å². The van der Waals surface area contributed by atoms with Crippen molar-refractivity contribution in [2.45, 2.75) is 24.4 Å². The summed E-state index contributed by atoms with van der Waals surface area (Å²) in [4.78, 5) is 31.2. The Balaban J connectivity index is 1.44. The quantitative estimate of drug-likeness (QED) is 0.157. The Hall–Kier alpha value is -6.35. The van der Waals surface area contributed by atoms with Gasteiger partial charge in [-0.05, 0) is 78.2 Å². The highest BCUT2D eigenvalue weighted by atomic mass is 32.2. The number of aromatic nitrogens is 4. The second kappa shape index (κ2) is 14.6. The number of methoxy groups -OCH3 is 1. The minimum atomic E-state index is -4.72. The predicted molar refractivity (Wildman–Crippen MR) is 186 cm³/mol. The van der Waals surface area contributed by atoms with Crippen LogP contribution in [-0.2, 0) is 26.2 Å². The van der Waals surface area contributed by atoms with Gasteiger partial charge in [0.15, 0.2) is 0 Å². The summed E-state index contributed by atoms with van der Waals surface area (Å²) < 4.78 is 64.0. The Labute approximate surface area is 291 Å². The largest absolute Gasteiger partial charge is 0.479 e. The molecule has 15 heteroatoms. The number of carbonyl (C=O) groups excluding carboxylic acids is 2. The minimum Gasteiger partial charge on any atom is -0.479 e. The summed E-state index contributed by atoms with van der Waals surface area (Å²) in [5.41, 5.74) is 4.36. The Morgan fingerprint density at radius 1 is 0.902 bits per heavy atom. The first kappa shape index (κ1) is 34.5. The van der Waals surface area contributed by atoms with E-state index in [1.165, 1.54) is 20.2 Å². The van der Waals surface area contributed by atoms with Crippen molar-refractivity contribution in [3.8, 4) is 28.1 Å². The average Bonchev–Trinajstić information content (AvgIpc) is 3.14. The summed E-state index contributed by atoms with van der Waals surface area (Å²) in [6.45, 7) is 1.18. The second-order valence-electron chi connectivity index (χ2n) is 11.3. The highest BCUT2D eigenvalue weighted by molar-refractivity contribution is 7.92. The Kier molecular flexibility index (Phi) is 9.91. The normalized spacial score (nSPS) is 11.8. The maximum Gasteiger partial charge on any atom is 0.267 e. The van der Waals surface area contributed by atoms with Gasteiger partial charge in [0.1, 0.15) is 28.3 Å². The molecule has 258 valence electrons. The van der Waals surface area contributed by atoms with Gasteiger partial charge in [0.25, 0.3) is 10.0 Å². The van der Waals surface area contributed by atoms with E-state index >= 15 is 4.39 Å². The first-order valence-electron chi connectivity index (χ1n) is 15.4. The third-order valence-corrected chi connectivity index (χ3v) is 9.78. The van der Waals surface area contributed by atoms with Crippen LogP contribution in [-0.4, -0.2) is 54.1 Å². The van der Waals surface area contributed by atoms with Gasteiger partial charge < -0.3 is 15.4 Å². The molecule has 3 heterocycles. The third kappa shape index (κ3) is 7.33. The maximum absolute atomic E-state index is 15.1. The zero-order valence-corrected chi connectivity index (χ0v) is 27.9. The van der Waals surface area contributed by atoms with E-state index in [0.29, 0.717) is 40.4 Å². The number of pyridine rings is 2. The lowest BCUT2D eigenvalue weighted by Crippen LogP contribution is -2.37. The highest BCUT2D eigenvalue weighted by Gasteiger charge is 2.31. The highest BCUT2D eigenvalue weighted by Crippen LogP contribution is 2.38. The molecule has 0 aliphatic carbocycles. The Morgan fingerprint density at radius 2 is 1.71 bits per heavy atom. The molecular formula is C36H29F2N7O5S. The molecule has 0 fully saturated rings. The Morgan fingerprint density at radius 3 is 2.41 bits per heavy atom.